The molecule has 2 rings (SSSR count). The Kier molecular flexibility index (Phi) is 9.30. The number of nitrogens with one attached hydrogen (secondary N) is 1. The van der Waals surface area contributed by atoms with Crippen LogP contribution in [-0.4, -0.2) is 31.1 Å². The first kappa shape index (κ1) is 24.8. The molecular weight excluding hydrogens is 406 g/mol. The lowest BCUT2D eigenvalue weighted by atomic mass is 9.92. The number of hydrogen-bond acceptors (Lipinski definition) is 2. The molecular formula is C19H25ClF6N2. The molecule has 9 heteroatoms. The van der Waals surface area contributed by atoms with Crippen LogP contribution in [0.3, 0.4) is 0 Å². The second kappa shape index (κ2) is 10.5. The van der Waals surface area contributed by atoms with Crippen LogP contribution in [0.2, 0.25) is 0 Å². The molecule has 28 heavy (non-hydrogen) atoms. The summed E-state index contributed by atoms with van der Waals surface area (Å²) < 4.78 is 79.5. The molecule has 0 radical (unpaired) electrons. The molecule has 0 amide bonds. The number of hydrogen-bond donors (Lipinski definition) is 1. The van der Waals surface area contributed by atoms with E-state index in [1.165, 1.54) is 0 Å². The first-order chi connectivity index (χ1) is 12.6. The average Bonchev–Trinajstić information content (AvgIpc) is 2.61. The van der Waals surface area contributed by atoms with Gasteiger partial charge in [-0.3, -0.25) is 4.90 Å². The van der Waals surface area contributed by atoms with Gasteiger partial charge < -0.3 is 5.32 Å². The van der Waals surface area contributed by atoms with E-state index < -0.39 is 29.5 Å². The van der Waals surface area contributed by atoms with Crippen LogP contribution >= 0.6 is 12.4 Å². The molecule has 0 aliphatic carbocycles. The monoisotopic (exact) mass is 430 g/mol. The number of unbranched alkanes of at least 4 members (excludes halogenated alkanes) is 2. The minimum atomic E-state index is -4.84. The Morgan fingerprint density at radius 2 is 1.68 bits per heavy atom. The molecule has 1 fully saturated rings. The fourth-order valence-corrected chi connectivity index (χ4v) is 3.42. The van der Waals surface area contributed by atoms with Gasteiger partial charge in [0.15, 0.2) is 0 Å². The van der Waals surface area contributed by atoms with E-state index in [0.717, 1.165) is 25.0 Å². The standard InChI is InChI=1S/C19H24F6N2.ClH/c1-2-3-4-5-6-17(27-11-9-26-10-12-27)15-8-7-14(18(20,21)22)13-16(15)19(23,24)25;/h2,7-8,13,17,26H,1,3-6,9-12H2;1H/t17-;/m0./s1. The maximum Gasteiger partial charge on any atom is 0.416 e. The number of piperazine rings is 1. The number of allylic oxidation sites excluding steroid dienone is 1. The third-order valence-electron chi connectivity index (χ3n) is 4.77. The van der Waals surface area contributed by atoms with E-state index in [4.69, 9.17) is 0 Å². The topological polar surface area (TPSA) is 15.3 Å². The van der Waals surface area contributed by atoms with Gasteiger partial charge in [0, 0.05) is 32.2 Å². The van der Waals surface area contributed by atoms with Crippen molar-refractivity contribution in [3.63, 3.8) is 0 Å². The normalized spacial score (nSPS) is 17.1. The highest BCUT2D eigenvalue weighted by molar-refractivity contribution is 5.85. The lowest BCUT2D eigenvalue weighted by Gasteiger charge is -2.36. The Bertz CT molecular complexity index is 624. The molecule has 2 nitrogen and oxygen atoms in total. The van der Waals surface area contributed by atoms with Crippen LogP contribution in [0.25, 0.3) is 0 Å². The molecule has 1 heterocycles. The lowest BCUT2D eigenvalue weighted by Crippen LogP contribution is -2.45. The maximum absolute atomic E-state index is 13.6. The van der Waals surface area contributed by atoms with Crippen molar-refractivity contribution in [2.45, 2.75) is 44.1 Å². The number of alkyl halides is 6. The number of rotatable bonds is 7. The van der Waals surface area contributed by atoms with Gasteiger partial charge in [-0.25, -0.2) is 0 Å². The predicted octanol–water partition coefficient (Wildman–Crippen LogP) is 5.84. The third-order valence-corrected chi connectivity index (χ3v) is 4.77. The van der Waals surface area contributed by atoms with E-state index in [1.807, 2.05) is 4.90 Å². The quantitative estimate of drug-likeness (QED) is 0.332. The van der Waals surface area contributed by atoms with Crippen LogP contribution in [-0.2, 0) is 12.4 Å². The predicted molar refractivity (Wildman–Crippen MR) is 99.5 cm³/mol. The summed E-state index contributed by atoms with van der Waals surface area (Å²) in [4.78, 5) is 1.93. The summed E-state index contributed by atoms with van der Waals surface area (Å²) in [6.45, 7) is 6.04. The van der Waals surface area contributed by atoms with Crippen molar-refractivity contribution in [3.8, 4) is 0 Å². The highest BCUT2D eigenvalue weighted by Crippen LogP contribution is 2.41. The van der Waals surface area contributed by atoms with E-state index in [-0.39, 0.29) is 24.0 Å². The maximum atomic E-state index is 13.6. The first-order valence-electron chi connectivity index (χ1n) is 8.98. The Morgan fingerprint density at radius 1 is 1.04 bits per heavy atom. The number of halogens is 7. The van der Waals surface area contributed by atoms with Gasteiger partial charge in [-0.1, -0.05) is 18.6 Å². The molecule has 1 saturated heterocycles. The molecule has 1 atom stereocenters. The summed E-state index contributed by atoms with van der Waals surface area (Å²) in [5.74, 6) is 0. The number of nitrogens with zero attached hydrogens (tertiary/aromatic N) is 1. The molecule has 0 bridgehead atoms. The molecule has 1 aromatic rings. The molecule has 0 unspecified atom stereocenters. The Morgan fingerprint density at radius 3 is 2.21 bits per heavy atom. The number of benzene rings is 1. The molecule has 0 saturated carbocycles. The van der Waals surface area contributed by atoms with Gasteiger partial charge in [0.1, 0.15) is 0 Å². The first-order valence-corrected chi connectivity index (χ1v) is 8.98. The van der Waals surface area contributed by atoms with E-state index in [1.54, 1.807) is 6.08 Å². The minimum Gasteiger partial charge on any atom is -0.314 e. The summed E-state index contributed by atoms with van der Waals surface area (Å²) in [6, 6.07) is 1.44. The van der Waals surface area contributed by atoms with Gasteiger partial charge in [0.2, 0.25) is 0 Å². The zero-order chi connectivity index (χ0) is 20.1. The van der Waals surface area contributed by atoms with Crippen molar-refractivity contribution in [1.82, 2.24) is 10.2 Å². The van der Waals surface area contributed by atoms with Gasteiger partial charge in [-0.05, 0) is 37.0 Å². The zero-order valence-electron chi connectivity index (χ0n) is 15.4. The minimum absolute atomic E-state index is 0. The summed E-state index contributed by atoms with van der Waals surface area (Å²) in [6.07, 6.45) is -5.22. The van der Waals surface area contributed by atoms with Crippen molar-refractivity contribution in [3.05, 3.63) is 47.5 Å². The highest BCUT2D eigenvalue weighted by Gasteiger charge is 2.40. The van der Waals surface area contributed by atoms with E-state index >= 15 is 0 Å². The van der Waals surface area contributed by atoms with Crippen LogP contribution in [0, 0.1) is 0 Å². The molecule has 0 aromatic heterocycles. The van der Waals surface area contributed by atoms with E-state index in [2.05, 4.69) is 11.9 Å². The zero-order valence-corrected chi connectivity index (χ0v) is 16.2. The Hall–Kier alpha value is -1.25. The third kappa shape index (κ3) is 6.67. The molecule has 1 aliphatic rings. The van der Waals surface area contributed by atoms with Gasteiger partial charge in [0.05, 0.1) is 11.1 Å². The molecule has 1 aromatic carbocycles. The second-order valence-corrected chi connectivity index (χ2v) is 6.67. The van der Waals surface area contributed by atoms with Gasteiger partial charge in [-0.15, -0.1) is 19.0 Å². The Balaban J connectivity index is 0.00000392. The van der Waals surface area contributed by atoms with Crippen molar-refractivity contribution >= 4 is 12.4 Å². The van der Waals surface area contributed by atoms with Crippen molar-refractivity contribution in [2.75, 3.05) is 26.2 Å². The molecule has 0 spiro atoms. The largest absolute Gasteiger partial charge is 0.416 e. The Labute approximate surface area is 167 Å². The van der Waals surface area contributed by atoms with Crippen molar-refractivity contribution < 1.29 is 26.3 Å². The molecule has 160 valence electrons. The summed E-state index contributed by atoms with van der Waals surface area (Å²) in [5, 5.41) is 3.15. The van der Waals surface area contributed by atoms with E-state index in [9.17, 15) is 26.3 Å². The summed E-state index contributed by atoms with van der Waals surface area (Å²) in [7, 11) is 0. The van der Waals surface area contributed by atoms with Crippen molar-refractivity contribution in [1.29, 1.82) is 0 Å². The SMILES string of the molecule is C=CCCCC[C@@H](c1ccc(C(F)(F)F)cc1C(F)(F)F)N1CCNCC1.Cl. The lowest BCUT2D eigenvalue weighted by molar-refractivity contribution is -0.143. The van der Waals surface area contributed by atoms with Gasteiger partial charge in [0.25, 0.3) is 0 Å². The van der Waals surface area contributed by atoms with Crippen molar-refractivity contribution in [2.24, 2.45) is 0 Å². The fraction of sp³-hybridized carbons (Fsp3) is 0.579. The van der Waals surface area contributed by atoms with E-state index in [0.29, 0.717) is 39.0 Å². The summed E-state index contributed by atoms with van der Waals surface area (Å²) in [5.41, 5.74) is -2.54. The highest BCUT2D eigenvalue weighted by atomic mass is 35.5. The van der Waals surface area contributed by atoms with Gasteiger partial charge in [-0.2, -0.15) is 26.3 Å². The second-order valence-electron chi connectivity index (χ2n) is 6.67. The molecule has 1 aliphatic heterocycles. The van der Waals surface area contributed by atoms with Crippen LogP contribution in [0.1, 0.15) is 48.4 Å². The van der Waals surface area contributed by atoms with Crippen LogP contribution in [0.15, 0.2) is 30.9 Å². The van der Waals surface area contributed by atoms with Gasteiger partial charge >= 0.3 is 12.4 Å². The smallest absolute Gasteiger partial charge is 0.314 e. The van der Waals surface area contributed by atoms with Crippen LogP contribution in [0.5, 0.6) is 0 Å². The average molecular weight is 431 g/mol. The molecule has 1 N–H and O–H groups in total. The fourth-order valence-electron chi connectivity index (χ4n) is 3.42. The van der Waals surface area contributed by atoms with Crippen LogP contribution < -0.4 is 5.32 Å². The van der Waals surface area contributed by atoms with Crippen LogP contribution in [0.4, 0.5) is 26.3 Å². The summed E-state index contributed by atoms with van der Waals surface area (Å²) >= 11 is 0.